The molecule has 1 N–H and O–H groups in total. The molecule has 3 aromatic rings. The monoisotopic (exact) mass is 444 g/mol. The van der Waals surface area contributed by atoms with Crippen LogP contribution >= 0.6 is 0 Å². The molecule has 0 amide bonds. The largest absolute Gasteiger partial charge is 0.458 e. The molecule has 0 heterocycles. The van der Waals surface area contributed by atoms with E-state index in [0.29, 0.717) is 5.56 Å². The van der Waals surface area contributed by atoms with Crippen molar-refractivity contribution in [2.24, 2.45) is 0 Å². The molecule has 3 nitrogen and oxygen atoms in total. The van der Waals surface area contributed by atoms with Crippen LogP contribution in [0.1, 0.15) is 37.8 Å². The van der Waals surface area contributed by atoms with Crippen molar-refractivity contribution in [3.05, 3.63) is 83.9 Å². The van der Waals surface area contributed by atoms with Crippen LogP contribution in [0.3, 0.4) is 0 Å². The van der Waals surface area contributed by atoms with Gasteiger partial charge in [-0.25, -0.2) is 4.79 Å². The number of hydrogen-bond acceptors (Lipinski definition) is 3. The van der Waals surface area contributed by atoms with Crippen LogP contribution in [0.15, 0.2) is 72.8 Å². The molecule has 0 radical (unpaired) electrons. The lowest BCUT2D eigenvalue weighted by molar-refractivity contribution is -0.179. The van der Waals surface area contributed by atoms with Gasteiger partial charge >= 0.3 is 5.97 Å². The lowest BCUT2D eigenvalue weighted by Crippen LogP contribution is -2.45. The highest BCUT2D eigenvalue weighted by Crippen LogP contribution is 2.42. The quantitative estimate of drug-likeness (QED) is 0.303. The molecule has 0 bridgehead atoms. The second kappa shape index (κ2) is 8.94. The standard InChI is InChI=1S/C28H32O3Si/c1-27(2,3)31-26(29)28(30,25-18-12-16-21-13-10-11-17-23(21)25)24(19-20-32(4,5)6)22-14-8-7-9-15-22/h7-18,24,30H,1-6H3/t24-,28-/m0/s1. The van der Waals surface area contributed by atoms with E-state index in [1.54, 1.807) is 26.8 Å². The first kappa shape index (κ1) is 23.8. The Kier molecular flexibility index (Phi) is 6.64. The molecule has 0 aromatic heterocycles. The highest BCUT2D eigenvalue weighted by molar-refractivity contribution is 6.83. The summed E-state index contributed by atoms with van der Waals surface area (Å²) < 4.78 is 5.80. The van der Waals surface area contributed by atoms with E-state index in [0.717, 1.165) is 16.3 Å². The molecular formula is C28H32O3Si. The van der Waals surface area contributed by atoms with Gasteiger partial charge in [0.2, 0.25) is 5.60 Å². The highest BCUT2D eigenvalue weighted by atomic mass is 28.3. The molecule has 0 fully saturated rings. The third kappa shape index (κ3) is 5.30. The molecule has 0 aliphatic rings. The predicted molar refractivity (Wildman–Crippen MR) is 134 cm³/mol. The first-order valence-corrected chi connectivity index (χ1v) is 14.4. The van der Waals surface area contributed by atoms with Gasteiger partial charge in [0.05, 0.1) is 5.92 Å². The van der Waals surface area contributed by atoms with Gasteiger partial charge in [-0.15, -0.1) is 5.54 Å². The van der Waals surface area contributed by atoms with E-state index in [-0.39, 0.29) is 0 Å². The molecule has 0 spiro atoms. The van der Waals surface area contributed by atoms with Crippen LogP contribution < -0.4 is 0 Å². The zero-order valence-electron chi connectivity index (χ0n) is 19.8. The summed E-state index contributed by atoms with van der Waals surface area (Å²) in [7, 11) is -1.79. The van der Waals surface area contributed by atoms with Crippen molar-refractivity contribution in [1.82, 2.24) is 0 Å². The zero-order valence-corrected chi connectivity index (χ0v) is 20.8. The summed E-state index contributed by atoms with van der Waals surface area (Å²) in [5, 5.41) is 14.1. The second-order valence-corrected chi connectivity index (χ2v) is 14.9. The van der Waals surface area contributed by atoms with Gasteiger partial charge in [-0.05, 0) is 37.1 Å². The Bertz CT molecular complexity index is 1150. The van der Waals surface area contributed by atoms with Gasteiger partial charge in [0.25, 0.3) is 0 Å². The number of esters is 1. The van der Waals surface area contributed by atoms with E-state index >= 15 is 0 Å². The summed E-state index contributed by atoms with van der Waals surface area (Å²) in [4.78, 5) is 13.7. The second-order valence-electron chi connectivity index (χ2n) is 10.2. The summed E-state index contributed by atoms with van der Waals surface area (Å²) in [6.07, 6.45) is 0. The summed E-state index contributed by atoms with van der Waals surface area (Å²) in [5.74, 6) is 1.83. The summed E-state index contributed by atoms with van der Waals surface area (Å²) in [6, 6.07) is 22.9. The van der Waals surface area contributed by atoms with Crippen LogP contribution in [-0.2, 0) is 15.1 Å². The first-order chi connectivity index (χ1) is 14.9. The van der Waals surface area contributed by atoms with E-state index < -0.39 is 31.2 Å². The number of ether oxygens (including phenoxy) is 1. The normalized spacial score (nSPS) is 14.7. The van der Waals surface area contributed by atoms with E-state index in [1.807, 2.05) is 66.7 Å². The Morgan fingerprint density at radius 3 is 2.12 bits per heavy atom. The number of aliphatic hydroxyl groups is 1. The molecule has 166 valence electrons. The van der Waals surface area contributed by atoms with Crippen molar-refractivity contribution >= 4 is 24.8 Å². The minimum absolute atomic E-state index is 0.503. The molecular weight excluding hydrogens is 412 g/mol. The predicted octanol–water partition coefficient (Wildman–Crippen LogP) is 6.03. The minimum Gasteiger partial charge on any atom is -0.458 e. The van der Waals surface area contributed by atoms with Gasteiger partial charge in [-0.1, -0.05) is 98.4 Å². The van der Waals surface area contributed by atoms with Gasteiger partial charge in [0.1, 0.15) is 13.7 Å². The smallest absolute Gasteiger partial charge is 0.345 e. The van der Waals surface area contributed by atoms with Crippen LogP contribution in [0.25, 0.3) is 10.8 Å². The Hall–Kier alpha value is -2.87. The Labute approximate surface area is 192 Å². The number of rotatable bonds is 4. The number of benzene rings is 3. The van der Waals surface area contributed by atoms with Crippen LogP contribution in [-0.4, -0.2) is 24.8 Å². The summed E-state index contributed by atoms with van der Waals surface area (Å²) >= 11 is 0. The molecule has 0 aliphatic heterocycles. The first-order valence-electron chi connectivity index (χ1n) is 10.9. The van der Waals surface area contributed by atoms with Crippen LogP contribution in [0.5, 0.6) is 0 Å². The van der Waals surface area contributed by atoms with Crippen LogP contribution in [0.4, 0.5) is 0 Å². The van der Waals surface area contributed by atoms with E-state index in [2.05, 4.69) is 31.1 Å². The van der Waals surface area contributed by atoms with Crippen molar-refractivity contribution in [2.45, 2.75) is 57.5 Å². The average Bonchev–Trinajstić information content (AvgIpc) is 2.72. The fourth-order valence-corrected chi connectivity index (χ4v) is 4.24. The topological polar surface area (TPSA) is 46.5 Å². The molecule has 0 saturated carbocycles. The lowest BCUT2D eigenvalue weighted by atomic mass is 9.76. The Balaban J connectivity index is 2.35. The van der Waals surface area contributed by atoms with E-state index in [9.17, 15) is 9.90 Å². The van der Waals surface area contributed by atoms with Crippen molar-refractivity contribution in [1.29, 1.82) is 0 Å². The van der Waals surface area contributed by atoms with E-state index in [1.165, 1.54) is 0 Å². The molecule has 2 atom stereocenters. The summed E-state index contributed by atoms with van der Waals surface area (Å²) in [6.45, 7) is 11.9. The van der Waals surface area contributed by atoms with Crippen molar-refractivity contribution < 1.29 is 14.6 Å². The fraction of sp³-hybridized carbons (Fsp3) is 0.321. The highest BCUT2D eigenvalue weighted by Gasteiger charge is 2.49. The van der Waals surface area contributed by atoms with Gasteiger partial charge in [-0.3, -0.25) is 0 Å². The molecule has 0 aliphatic carbocycles. The molecule has 0 unspecified atom stereocenters. The maximum atomic E-state index is 13.7. The minimum atomic E-state index is -1.98. The molecule has 4 heteroatoms. The lowest BCUT2D eigenvalue weighted by Gasteiger charge is -2.35. The Morgan fingerprint density at radius 2 is 1.50 bits per heavy atom. The fourth-order valence-electron chi connectivity index (χ4n) is 3.66. The SMILES string of the molecule is CC(C)(C)OC(=O)[C@@](O)(c1cccc2ccccc12)[C@@H](C#C[Si](C)(C)C)c1ccccc1. The van der Waals surface area contributed by atoms with Gasteiger partial charge in [-0.2, -0.15) is 0 Å². The third-order valence-corrected chi connectivity index (χ3v) is 5.95. The number of carbonyl (C=O) groups excluding carboxylic acids is 1. The van der Waals surface area contributed by atoms with Crippen molar-refractivity contribution in [3.8, 4) is 11.5 Å². The molecule has 3 rings (SSSR count). The van der Waals surface area contributed by atoms with Crippen molar-refractivity contribution in [3.63, 3.8) is 0 Å². The van der Waals surface area contributed by atoms with Crippen molar-refractivity contribution in [2.75, 3.05) is 0 Å². The van der Waals surface area contributed by atoms with Crippen LogP contribution in [0, 0.1) is 11.5 Å². The van der Waals surface area contributed by atoms with Gasteiger partial charge in [0, 0.05) is 5.56 Å². The maximum absolute atomic E-state index is 13.7. The number of carbonyl (C=O) groups is 1. The third-order valence-electron chi connectivity index (χ3n) is 5.05. The Morgan fingerprint density at radius 1 is 0.906 bits per heavy atom. The maximum Gasteiger partial charge on any atom is 0.345 e. The number of hydrogen-bond donors (Lipinski definition) is 1. The zero-order chi connectivity index (χ0) is 23.6. The van der Waals surface area contributed by atoms with E-state index in [4.69, 9.17) is 4.74 Å². The average molecular weight is 445 g/mol. The molecule has 0 saturated heterocycles. The van der Waals surface area contributed by atoms with Gasteiger partial charge < -0.3 is 9.84 Å². The van der Waals surface area contributed by atoms with Gasteiger partial charge in [0.15, 0.2) is 0 Å². The number of fused-ring (bicyclic) bond motifs is 1. The summed E-state index contributed by atoms with van der Waals surface area (Å²) in [5.41, 5.74) is 1.92. The molecule has 32 heavy (non-hydrogen) atoms. The van der Waals surface area contributed by atoms with Crippen LogP contribution in [0.2, 0.25) is 19.6 Å². The molecule has 3 aromatic carbocycles.